The predicted octanol–water partition coefficient (Wildman–Crippen LogP) is 0.461. The van der Waals surface area contributed by atoms with Crippen LogP contribution in [0, 0.1) is 6.92 Å². The molecule has 0 spiro atoms. The van der Waals surface area contributed by atoms with Crippen LogP contribution in [0.3, 0.4) is 0 Å². The number of imide groups is 1. The molecule has 0 aromatic carbocycles. The normalized spacial score (nSPS) is 10.4. The lowest BCUT2D eigenvalue weighted by molar-refractivity contribution is -0.131. The number of nitrogens with one attached hydrogen (secondary N) is 2. The zero-order valence-electron chi connectivity index (χ0n) is 10.2. The summed E-state index contributed by atoms with van der Waals surface area (Å²) in [5, 5.41) is 15.5. The minimum absolute atomic E-state index is 0.342. The molecule has 1 heterocycles. The number of aromatic nitrogens is 1. The van der Waals surface area contributed by atoms with Crippen molar-refractivity contribution in [3.05, 3.63) is 28.2 Å². The Labute approximate surface area is 113 Å². The first-order valence-electron chi connectivity index (χ1n) is 5.38. The molecule has 102 valence electrons. The van der Waals surface area contributed by atoms with Gasteiger partial charge in [-0.15, -0.1) is 11.3 Å². The SMILES string of the molecule is Cc1csc(CCNC(=O)NC(=O)C=CC(=O)O)n1. The maximum Gasteiger partial charge on any atom is 0.328 e. The topological polar surface area (TPSA) is 108 Å². The fourth-order valence-electron chi connectivity index (χ4n) is 1.15. The highest BCUT2D eigenvalue weighted by Gasteiger charge is 2.05. The summed E-state index contributed by atoms with van der Waals surface area (Å²) in [5.74, 6) is -2.04. The van der Waals surface area contributed by atoms with Crippen molar-refractivity contribution in [3.8, 4) is 0 Å². The number of carbonyl (C=O) groups excluding carboxylic acids is 2. The summed E-state index contributed by atoms with van der Waals surface area (Å²) in [6.07, 6.45) is 2.00. The third kappa shape index (κ3) is 6.32. The number of hydrogen-bond donors (Lipinski definition) is 3. The molecule has 1 rings (SSSR count). The van der Waals surface area contributed by atoms with Crippen molar-refractivity contribution in [2.45, 2.75) is 13.3 Å². The third-order valence-electron chi connectivity index (χ3n) is 1.91. The maximum atomic E-state index is 11.3. The number of nitrogens with zero attached hydrogens (tertiary/aromatic N) is 1. The van der Waals surface area contributed by atoms with Gasteiger partial charge < -0.3 is 10.4 Å². The van der Waals surface area contributed by atoms with Crippen LogP contribution in [-0.2, 0) is 16.0 Å². The molecule has 3 N–H and O–H groups in total. The molecular weight excluding hydrogens is 270 g/mol. The van der Waals surface area contributed by atoms with Crippen molar-refractivity contribution in [1.82, 2.24) is 15.6 Å². The standard InChI is InChI=1S/C11H13N3O4S/c1-7-6-19-9(13-7)4-5-12-11(18)14-8(15)2-3-10(16)17/h2-3,6H,4-5H2,1H3,(H,16,17)(H2,12,14,15,18). The number of hydrogen-bond acceptors (Lipinski definition) is 5. The predicted molar refractivity (Wildman–Crippen MR) is 68.9 cm³/mol. The van der Waals surface area contributed by atoms with Crippen molar-refractivity contribution >= 4 is 29.2 Å². The number of thiazole rings is 1. The first-order chi connectivity index (χ1) is 8.97. The Morgan fingerprint density at radius 1 is 1.42 bits per heavy atom. The van der Waals surface area contributed by atoms with E-state index in [1.807, 2.05) is 17.6 Å². The van der Waals surface area contributed by atoms with Crippen LogP contribution in [0.4, 0.5) is 4.79 Å². The van der Waals surface area contributed by atoms with Gasteiger partial charge in [0.05, 0.1) is 5.01 Å². The molecule has 19 heavy (non-hydrogen) atoms. The smallest absolute Gasteiger partial charge is 0.328 e. The Morgan fingerprint density at radius 3 is 2.74 bits per heavy atom. The van der Waals surface area contributed by atoms with Gasteiger partial charge in [0.2, 0.25) is 0 Å². The van der Waals surface area contributed by atoms with Crippen LogP contribution in [0.15, 0.2) is 17.5 Å². The van der Waals surface area contributed by atoms with Crippen LogP contribution in [0.1, 0.15) is 10.7 Å². The number of carbonyl (C=O) groups is 3. The molecule has 0 saturated heterocycles. The summed E-state index contributed by atoms with van der Waals surface area (Å²) >= 11 is 1.50. The highest BCUT2D eigenvalue weighted by atomic mass is 32.1. The molecule has 0 unspecified atom stereocenters. The molecule has 0 fully saturated rings. The van der Waals surface area contributed by atoms with Gasteiger partial charge in [0.1, 0.15) is 0 Å². The Kier molecular flexibility index (Phi) is 5.68. The number of amides is 3. The lowest BCUT2D eigenvalue weighted by Gasteiger charge is -2.03. The van der Waals surface area contributed by atoms with E-state index in [9.17, 15) is 14.4 Å². The molecule has 0 bridgehead atoms. The molecular formula is C11H13N3O4S. The van der Waals surface area contributed by atoms with Crippen molar-refractivity contribution in [1.29, 1.82) is 0 Å². The van der Waals surface area contributed by atoms with Gasteiger partial charge in [0, 0.05) is 36.2 Å². The van der Waals surface area contributed by atoms with E-state index < -0.39 is 17.9 Å². The van der Waals surface area contributed by atoms with Gasteiger partial charge in [-0.2, -0.15) is 0 Å². The van der Waals surface area contributed by atoms with Gasteiger partial charge in [-0.1, -0.05) is 0 Å². The highest BCUT2D eigenvalue weighted by molar-refractivity contribution is 7.09. The summed E-state index contributed by atoms with van der Waals surface area (Å²) < 4.78 is 0. The average molecular weight is 283 g/mol. The number of carboxylic acids is 1. The molecule has 0 atom stereocenters. The molecule has 7 nitrogen and oxygen atoms in total. The first kappa shape index (κ1) is 14.8. The van der Waals surface area contributed by atoms with Crippen LogP contribution in [0.2, 0.25) is 0 Å². The summed E-state index contributed by atoms with van der Waals surface area (Å²) in [6.45, 7) is 2.22. The van der Waals surface area contributed by atoms with E-state index in [1.54, 1.807) is 0 Å². The second-order valence-electron chi connectivity index (χ2n) is 3.55. The maximum absolute atomic E-state index is 11.3. The second-order valence-corrected chi connectivity index (χ2v) is 4.49. The lowest BCUT2D eigenvalue weighted by atomic mass is 10.4. The van der Waals surface area contributed by atoms with E-state index in [2.05, 4.69) is 10.3 Å². The fraction of sp³-hybridized carbons (Fsp3) is 0.273. The molecule has 0 radical (unpaired) electrons. The van der Waals surface area contributed by atoms with E-state index in [0.717, 1.165) is 16.8 Å². The fourth-order valence-corrected chi connectivity index (χ4v) is 1.92. The molecule has 3 amide bonds. The monoisotopic (exact) mass is 283 g/mol. The molecule has 1 aromatic rings. The summed E-state index contributed by atoms with van der Waals surface area (Å²) in [7, 11) is 0. The van der Waals surface area contributed by atoms with Crippen molar-refractivity contribution in [3.63, 3.8) is 0 Å². The Hall–Kier alpha value is -2.22. The third-order valence-corrected chi connectivity index (χ3v) is 2.93. The highest BCUT2D eigenvalue weighted by Crippen LogP contribution is 2.08. The van der Waals surface area contributed by atoms with Crippen LogP contribution in [0.25, 0.3) is 0 Å². The Balaban J connectivity index is 2.24. The number of rotatable bonds is 5. The van der Waals surface area contributed by atoms with Crippen LogP contribution >= 0.6 is 11.3 Å². The van der Waals surface area contributed by atoms with E-state index in [0.29, 0.717) is 19.0 Å². The average Bonchev–Trinajstić information content (AvgIpc) is 2.72. The molecule has 0 saturated carbocycles. The molecule has 0 aliphatic heterocycles. The van der Waals surface area contributed by atoms with Gasteiger partial charge in [-0.3, -0.25) is 10.1 Å². The van der Waals surface area contributed by atoms with Gasteiger partial charge in [-0.25, -0.2) is 14.6 Å². The van der Waals surface area contributed by atoms with Crippen LogP contribution in [-0.4, -0.2) is 34.5 Å². The number of aliphatic carboxylic acids is 1. The molecule has 1 aromatic heterocycles. The van der Waals surface area contributed by atoms with Crippen molar-refractivity contribution < 1.29 is 19.5 Å². The van der Waals surface area contributed by atoms with E-state index in [4.69, 9.17) is 5.11 Å². The van der Waals surface area contributed by atoms with E-state index in [1.165, 1.54) is 11.3 Å². The Bertz CT molecular complexity index is 510. The zero-order chi connectivity index (χ0) is 14.3. The Morgan fingerprint density at radius 2 is 2.16 bits per heavy atom. The van der Waals surface area contributed by atoms with Gasteiger partial charge in [0.15, 0.2) is 0 Å². The summed E-state index contributed by atoms with van der Waals surface area (Å²) in [4.78, 5) is 36.7. The van der Waals surface area contributed by atoms with Crippen molar-refractivity contribution in [2.75, 3.05) is 6.54 Å². The first-order valence-corrected chi connectivity index (χ1v) is 6.26. The van der Waals surface area contributed by atoms with Crippen LogP contribution in [0.5, 0.6) is 0 Å². The minimum Gasteiger partial charge on any atom is -0.478 e. The molecule has 8 heteroatoms. The zero-order valence-corrected chi connectivity index (χ0v) is 11.0. The molecule has 0 aliphatic carbocycles. The van der Waals surface area contributed by atoms with Gasteiger partial charge in [-0.05, 0) is 6.92 Å². The van der Waals surface area contributed by atoms with Gasteiger partial charge >= 0.3 is 12.0 Å². The van der Waals surface area contributed by atoms with E-state index >= 15 is 0 Å². The minimum atomic E-state index is -1.25. The quantitative estimate of drug-likeness (QED) is 0.680. The van der Waals surface area contributed by atoms with Gasteiger partial charge in [0.25, 0.3) is 5.91 Å². The summed E-state index contributed by atoms with van der Waals surface area (Å²) in [6, 6.07) is -0.673. The van der Waals surface area contributed by atoms with Crippen molar-refractivity contribution in [2.24, 2.45) is 0 Å². The number of urea groups is 1. The second kappa shape index (κ2) is 7.27. The largest absolute Gasteiger partial charge is 0.478 e. The molecule has 0 aliphatic rings. The van der Waals surface area contributed by atoms with Crippen LogP contribution < -0.4 is 10.6 Å². The summed E-state index contributed by atoms with van der Waals surface area (Å²) in [5.41, 5.74) is 0.929. The lowest BCUT2D eigenvalue weighted by Crippen LogP contribution is -2.39. The number of aryl methyl sites for hydroxylation is 1. The number of carboxylic acid groups (broad SMARTS) is 1. The van der Waals surface area contributed by atoms with E-state index in [-0.39, 0.29) is 0 Å².